The molecule has 0 atom stereocenters. The molecule has 3 aromatic rings. The van der Waals surface area contributed by atoms with Crippen molar-refractivity contribution in [2.45, 2.75) is 13.1 Å². The average Bonchev–Trinajstić information content (AvgIpc) is 2.77. The lowest BCUT2D eigenvalue weighted by atomic mass is 10.2. The van der Waals surface area contributed by atoms with Gasteiger partial charge in [0.15, 0.2) is 11.5 Å². The highest BCUT2D eigenvalue weighted by Crippen LogP contribution is 2.30. The van der Waals surface area contributed by atoms with Gasteiger partial charge in [0.25, 0.3) is 5.56 Å². The quantitative estimate of drug-likeness (QED) is 0.578. The Labute approximate surface area is 183 Å². The van der Waals surface area contributed by atoms with Crippen LogP contribution >= 0.6 is 11.6 Å². The van der Waals surface area contributed by atoms with E-state index in [0.717, 1.165) is 13.1 Å². The van der Waals surface area contributed by atoms with Crippen LogP contribution in [0.1, 0.15) is 11.4 Å². The molecule has 0 amide bonds. The van der Waals surface area contributed by atoms with Gasteiger partial charge in [-0.3, -0.25) is 14.3 Å². The van der Waals surface area contributed by atoms with Gasteiger partial charge in [-0.15, -0.1) is 0 Å². The van der Waals surface area contributed by atoms with Crippen molar-refractivity contribution in [3.05, 3.63) is 62.9 Å². The van der Waals surface area contributed by atoms with E-state index in [9.17, 15) is 9.18 Å². The molecule has 1 aliphatic heterocycles. The molecule has 0 spiro atoms. The topological polar surface area (TPSA) is 65.8 Å². The van der Waals surface area contributed by atoms with Crippen molar-refractivity contribution < 1.29 is 18.6 Å². The van der Waals surface area contributed by atoms with Crippen LogP contribution in [0.5, 0.6) is 11.5 Å². The minimum absolute atomic E-state index is 0.176. The molecule has 9 heteroatoms. The van der Waals surface area contributed by atoms with Crippen molar-refractivity contribution in [3.8, 4) is 11.5 Å². The van der Waals surface area contributed by atoms with E-state index in [2.05, 4.69) is 4.90 Å². The maximum atomic E-state index is 13.5. The van der Waals surface area contributed by atoms with Crippen LogP contribution in [-0.2, 0) is 17.8 Å². The van der Waals surface area contributed by atoms with Crippen LogP contribution in [0.3, 0.4) is 0 Å². The van der Waals surface area contributed by atoms with Crippen LogP contribution in [0.2, 0.25) is 5.02 Å². The number of rotatable bonds is 6. The highest BCUT2D eigenvalue weighted by Gasteiger charge is 2.19. The number of halogens is 2. The smallest absolute Gasteiger partial charge is 0.261 e. The Morgan fingerprint density at radius 1 is 1.10 bits per heavy atom. The van der Waals surface area contributed by atoms with Crippen molar-refractivity contribution in [2.75, 3.05) is 40.5 Å². The first-order valence-corrected chi connectivity index (χ1v) is 10.3. The standard InChI is InChI=1S/C22H23ClFN3O4/c1-29-19-10-16-18(11-20(19)30-2)25-21(13-26-5-7-31-8-6-26)27(22(16)28)12-14-3-4-15(24)9-17(14)23/h3-4,9-11H,5-8,12-13H2,1-2H3. The Balaban J connectivity index is 1.85. The van der Waals surface area contributed by atoms with Crippen LogP contribution in [0.25, 0.3) is 10.9 Å². The number of hydrogen-bond acceptors (Lipinski definition) is 6. The summed E-state index contributed by atoms with van der Waals surface area (Å²) in [6.07, 6.45) is 0. The molecule has 1 fully saturated rings. The molecule has 2 heterocycles. The molecule has 2 aromatic carbocycles. The summed E-state index contributed by atoms with van der Waals surface area (Å²) in [7, 11) is 3.05. The second-order valence-corrected chi connectivity index (χ2v) is 7.68. The lowest BCUT2D eigenvalue weighted by Gasteiger charge is -2.27. The Morgan fingerprint density at radius 2 is 1.81 bits per heavy atom. The molecule has 1 aliphatic rings. The Kier molecular flexibility index (Phi) is 6.41. The van der Waals surface area contributed by atoms with Crippen molar-refractivity contribution >= 4 is 22.5 Å². The summed E-state index contributed by atoms with van der Waals surface area (Å²) in [4.78, 5) is 20.5. The third-order valence-electron chi connectivity index (χ3n) is 5.35. The van der Waals surface area contributed by atoms with E-state index in [1.807, 2.05) is 0 Å². The number of fused-ring (bicyclic) bond motifs is 1. The zero-order valence-electron chi connectivity index (χ0n) is 17.4. The predicted octanol–water partition coefficient (Wildman–Crippen LogP) is 3.09. The molecule has 0 unspecified atom stereocenters. The molecule has 0 saturated carbocycles. The van der Waals surface area contributed by atoms with Crippen molar-refractivity contribution in [2.24, 2.45) is 0 Å². The second kappa shape index (κ2) is 9.21. The number of ether oxygens (including phenoxy) is 3. The fraction of sp³-hybridized carbons (Fsp3) is 0.364. The first-order valence-electron chi connectivity index (χ1n) is 9.89. The molecule has 0 bridgehead atoms. The summed E-state index contributed by atoms with van der Waals surface area (Å²) in [6, 6.07) is 7.49. The minimum atomic E-state index is -0.428. The number of nitrogens with zero attached hydrogens (tertiary/aromatic N) is 3. The molecule has 31 heavy (non-hydrogen) atoms. The molecule has 164 valence electrons. The fourth-order valence-corrected chi connectivity index (χ4v) is 3.88. The molecule has 1 saturated heterocycles. The highest BCUT2D eigenvalue weighted by atomic mass is 35.5. The van der Waals surface area contributed by atoms with E-state index in [1.54, 1.807) is 22.8 Å². The summed E-state index contributed by atoms with van der Waals surface area (Å²) >= 11 is 6.24. The van der Waals surface area contributed by atoms with E-state index in [0.29, 0.717) is 53.5 Å². The lowest BCUT2D eigenvalue weighted by molar-refractivity contribution is 0.0325. The van der Waals surface area contributed by atoms with Gasteiger partial charge in [-0.2, -0.15) is 0 Å². The van der Waals surface area contributed by atoms with E-state index in [-0.39, 0.29) is 17.1 Å². The van der Waals surface area contributed by atoms with Gasteiger partial charge in [-0.05, 0) is 23.8 Å². The third-order valence-corrected chi connectivity index (χ3v) is 5.70. The van der Waals surface area contributed by atoms with E-state index in [4.69, 9.17) is 30.8 Å². The molecule has 4 rings (SSSR count). The Hall–Kier alpha value is -2.68. The first kappa shape index (κ1) is 21.5. The number of hydrogen-bond donors (Lipinski definition) is 0. The van der Waals surface area contributed by atoms with Crippen molar-refractivity contribution in [3.63, 3.8) is 0 Å². The van der Waals surface area contributed by atoms with Crippen molar-refractivity contribution in [1.82, 2.24) is 14.5 Å². The van der Waals surface area contributed by atoms with Crippen LogP contribution < -0.4 is 15.0 Å². The normalized spacial score (nSPS) is 14.7. The van der Waals surface area contributed by atoms with E-state index < -0.39 is 5.82 Å². The van der Waals surface area contributed by atoms with Crippen LogP contribution in [0.4, 0.5) is 4.39 Å². The van der Waals surface area contributed by atoms with Gasteiger partial charge in [0, 0.05) is 24.2 Å². The Morgan fingerprint density at radius 3 is 2.48 bits per heavy atom. The zero-order chi connectivity index (χ0) is 22.0. The predicted molar refractivity (Wildman–Crippen MR) is 116 cm³/mol. The number of methoxy groups -OCH3 is 2. The molecular weight excluding hydrogens is 425 g/mol. The number of benzene rings is 2. The molecule has 0 N–H and O–H groups in total. The molecule has 7 nitrogen and oxygen atoms in total. The molecule has 0 aliphatic carbocycles. The maximum Gasteiger partial charge on any atom is 0.261 e. The van der Waals surface area contributed by atoms with Gasteiger partial charge in [-0.1, -0.05) is 17.7 Å². The van der Waals surface area contributed by atoms with E-state index in [1.165, 1.54) is 26.4 Å². The SMILES string of the molecule is COc1cc2nc(CN3CCOCC3)n(Cc3ccc(F)cc3Cl)c(=O)c2cc1OC. The number of aromatic nitrogens is 2. The van der Waals surface area contributed by atoms with Gasteiger partial charge in [0.1, 0.15) is 11.6 Å². The van der Waals surface area contributed by atoms with E-state index >= 15 is 0 Å². The number of morpholine rings is 1. The second-order valence-electron chi connectivity index (χ2n) is 7.27. The van der Waals surface area contributed by atoms with Gasteiger partial charge in [-0.25, -0.2) is 9.37 Å². The molecule has 0 radical (unpaired) electrons. The monoisotopic (exact) mass is 447 g/mol. The highest BCUT2D eigenvalue weighted by molar-refractivity contribution is 6.31. The largest absolute Gasteiger partial charge is 0.493 e. The third kappa shape index (κ3) is 4.51. The molecule has 1 aromatic heterocycles. The van der Waals surface area contributed by atoms with Crippen LogP contribution in [0, 0.1) is 5.82 Å². The first-order chi connectivity index (χ1) is 15.0. The molecular formula is C22H23ClFN3O4. The van der Waals surface area contributed by atoms with Crippen LogP contribution in [-0.4, -0.2) is 55.0 Å². The fourth-order valence-electron chi connectivity index (χ4n) is 3.66. The summed E-state index contributed by atoms with van der Waals surface area (Å²) in [5, 5.41) is 0.665. The summed E-state index contributed by atoms with van der Waals surface area (Å²) in [6.45, 7) is 3.41. The summed E-state index contributed by atoms with van der Waals surface area (Å²) in [5.74, 6) is 1.11. The van der Waals surface area contributed by atoms with Gasteiger partial charge in [0.2, 0.25) is 0 Å². The van der Waals surface area contributed by atoms with Crippen molar-refractivity contribution in [1.29, 1.82) is 0 Å². The minimum Gasteiger partial charge on any atom is -0.493 e. The lowest BCUT2D eigenvalue weighted by Crippen LogP contribution is -2.38. The Bertz CT molecular complexity index is 1160. The van der Waals surface area contributed by atoms with Gasteiger partial charge in [0.05, 0.1) is 51.4 Å². The van der Waals surface area contributed by atoms with Gasteiger partial charge >= 0.3 is 0 Å². The van der Waals surface area contributed by atoms with Gasteiger partial charge < -0.3 is 14.2 Å². The summed E-state index contributed by atoms with van der Waals surface area (Å²) in [5.41, 5.74) is 0.928. The van der Waals surface area contributed by atoms with Crippen LogP contribution in [0.15, 0.2) is 35.1 Å². The zero-order valence-corrected chi connectivity index (χ0v) is 18.1. The average molecular weight is 448 g/mol. The maximum absolute atomic E-state index is 13.5. The summed E-state index contributed by atoms with van der Waals surface area (Å²) < 4.78 is 31.2.